The molecule has 1 N–H and O–H groups in total. The van der Waals surface area contributed by atoms with Gasteiger partial charge in [-0.2, -0.15) is 0 Å². The maximum atomic E-state index is 12.3. The van der Waals surface area contributed by atoms with E-state index in [1.807, 2.05) is 6.92 Å². The minimum absolute atomic E-state index is 0.0691. The first-order valence-electron chi connectivity index (χ1n) is 5.83. The van der Waals surface area contributed by atoms with E-state index in [2.05, 4.69) is 20.7 Å². The topological polar surface area (TPSA) is 89.3 Å². The second-order valence-electron chi connectivity index (χ2n) is 4.35. The number of non-ortho nitro benzene ring substituents is 1. The predicted molar refractivity (Wildman–Crippen MR) is 82.8 cm³/mol. The number of sulfonamides is 1. The number of benzene rings is 2. The SMILES string of the molecule is Cc1ccc(S(=O)(=O)Nc2cccc([N+](=O)[O-])c2)c(Br)c1. The van der Waals surface area contributed by atoms with Gasteiger partial charge < -0.3 is 0 Å². The Balaban J connectivity index is 2.37. The largest absolute Gasteiger partial charge is 0.279 e. The smallest absolute Gasteiger partial charge is 0.271 e. The van der Waals surface area contributed by atoms with Gasteiger partial charge in [0.15, 0.2) is 0 Å². The molecule has 0 saturated heterocycles. The summed E-state index contributed by atoms with van der Waals surface area (Å²) < 4.78 is 27.4. The molecule has 0 saturated carbocycles. The van der Waals surface area contributed by atoms with E-state index in [9.17, 15) is 18.5 Å². The molecule has 110 valence electrons. The van der Waals surface area contributed by atoms with E-state index in [0.29, 0.717) is 4.47 Å². The minimum atomic E-state index is -3.82. The van der Waals surface area contributed by atoms with Crippen molar-refractivity contribution in [3.8, 4) is 0 Å². The fourth-order valence-corrected chi connectivity index (χ4v) is 3.96. The zero-order chi connectivity index (χ0) is 15.6. The molecule has 2 rings (SSSR count). The third-order valence-electron chi connectivity index (χ3n) is 2.69. The highest BCUT2D eigenvalue weighted by Gasteiger charge is 2.18. The zero-order valence-electron chi connectivity index (χ0n) is 10.9. The molecule has 2 aromatic rings. The van der Waals surface area contributed by atoms with Crippen LogP contribution in [0, 0.1) is 17.0 Å². The number of nitrogens with one attached hydrogen (secondary N) is 1. The number of hydrogen-bond donors (Lipinski definition) is 1. The number of anilines is 1. The molecule has 0 radical (unpaired) electrons. The molecular weight excluding hydrogens is 360 g/mol. The lowest BCUT2D eigenvalue weighted by molar-refractivity contribution is -0.384. The first-order chi connectivity index (χ1) is 9.79. The van der Waals surface area contributed by atoms with Crippen molar-refractivity contribution in [2.24, 2.45) is 0 Å². The highest BCUT2D eigenvalue weighted by atomic mass is 79.9. The lowest BCUT2D eigenvalue weighted by atomic mass is 10.2. The van der Waals surface area contributed by atoms with Crippen molar-refractivity contribution in [2.75, 3.05) is 4.72 Å². The molecule has 0 spiro atoms. The summed E-state index contributed by atoms with van der Waals surface area (Å²) in [5.74, 6) is 0. The molecule has 6 nitrogen and oxygen atoms in total. The van der Waals surface area contributed by atoms with E-state index >= 15 is 0 Å². The number of nitrogens with zero attached hydrogens (tertiary/aromatic N) is 1. The number of halogens is 1. The van der Waals surface area contributed by atoms with Crippen LogP contribution in [0.15, 0.2) is 51.8 Å². The van der Waals surface area contributed by atoms with Crippen molar-refractivity contribution >= 4 is 37.3 Å². The molecule has 0 aromatic heterocycles. The van der Waals surface area contributed by atoms with E-state index in [1.165, 1.54) is 30.3 Å². The summed E-state index contributed by atoms with van der Waals surface area (Å²) in [5.41, 5.74) is 0.867. The van der Waals surface area contributed by atoms with Gasteiger partial charge >= 0.3 is 0 Å². The first-order valence-corrected chi connectivity index (χ1v) is 8.10. The van der Waals surface area contributed by atoms with E-state index < -0.39 is 14.9 Å². The van der Waals surface area contributed by atoms with Gasteiger partial charge in [0, 0.05) is 16.6 Å². The Kier molecular flexibility index (Phi) is 4.29. The lowest BCUT2D eigenvalue weighted by Gasteiger charge is -2.10. The van der Waals surface area contributed by atoms with Crippen LogP contribution in [0.4, 0.5) is 11.4 Å². The van der Waals surface area contributed by atoms with Crippen LogP contribution in [-0.2, 0) is 10.0 Å². The standard InChI is InChI=1S/C13H11BrN2O4S/c1-9-5-6-13(12(14)7-9)21(19,20)15-10-3-2-4-11(8-10)16(17)18/h2-8,15H,1H3. The van der Waals surface area contributed by atoms with Crippen molar-refractivity contribution in [1.82, 2.24) is 0 Å². The summed E-state index contributed by atoms with van der Waals surface area (Å²) in [6.07, 6.45) is 0. The van der Waals surface area contributed by atoms with Crippen LogP contribution >= 0.6 is 15.9 Å². The lowest BCUT2D eigenvalue weighted by Crippen LogP contribution is -2.13. The molecule has 0 heterocycles. The molecule has 0 unspecified atom stereocenters. The summed E-state index contributed by atoms with van der Waals surface area (Å²) in [7, 11) is -3.82. The van der Waals surface area contributed by atoms with Crippen molar-refractivity contribution in [1.29, 1.82) is 0 Å². The summed E-state index contributed by atoms with van der Waals surface area (Å²) in [4.78, 5) is 10.2. The molecular formula is C13H11BrN2O4S. The van der Waals surface area contributed by atoms with Crippen LogP contribution in [0.1, 0.15) is 5.56 Å². The Labute approximate surface area is 130 Å². The van der Waals surface area contributed by atoms with Crippen LogP contribution in [0.2, 0.25) is 0 Å². The fourth-order valence-electron chi connectivity index (χ4n) is 1.72. The maximum absolute atomic E-state index is 12.3. The Morgan fingerprint density at radius 2 is 1.90 bits per heavy atom. The molecule has 0 atom stereocenters. The maximum Gasteiger partial charge on any atom is 0.271 e. The highest BCUT2D eigenvalue weighted by Crippen LogP contribution is 2.26. The monoisotopic (exact) mass is 370 g/mol. The first kappa shape index (κ1) is 15.5. The van der Waals surface area contributed by atoms with Crippen LogP contribution in [-0.4, -0.2) is 13.3 Å². The van der Waals surface area contributed by atoms with E-state index in [-0.39, 0.29) is 16.3 Å². The van der Waals surface area contributed by atoms with Gasteiger partial charge in [0.1, 0.15) is 4.90 Å². The van der Waals surface area contributed by atoms with Crippen molar-refractivity contribution in [2.45, 2.75) is 11.8 Å². The van der Waals surface area contributed by atoms with Gasteiger partial charge in [-0.15, -0.1) is 0 Å². The van der Waals surface area contributed by atoms with Crippen LogP contribution in [0.25, 0.3) is 0 Å². The van der Waals surface area contributed by atoms with Gasteiger partial charge in [-0.1, -0.05) is 12.1 Å². The average Bonchev–Trinajstić information content (AvgIpc) is 2.37. The van der Waals surface area contributed by atoms with Gasteiger partial charge in [-0.25, -0.2) is 8.42 Å². The third kappa shape index (κ3) is 3.59. The number of nitro benzene ring substituents is 1. The minimum Gasteiger partial charge on any atom is -0.279 e. The molecule has 21 heavy (non-hydrogen) atoms. The van der Waals surface area contributed by atoms with Gasteiger partial charge in [0.25, 0.3) is 15.7 Å². The average molecular weight is 371 g/mol. The Morgan fingerprint density at radius 3 is 2.52 bits per heavy atom. The summed E-state index contributed by atoms with van der Waals surface area (Å²) in [6.45, 7) is 1.84. The number of aryl methyl sites for hydroxylation is 1. The van der Waals surface area contributed by atoms with Crippen molar-refractivity contribution in [3.63, 3.8) is 0 Å². The molecule has 0 aliphatic carbocycles. The molecule has 2 aromatic carbocycles. The summed E-state index contributed by atoms with van der Waals surface area (Å²) in [6, 6.07) is 10.2. The van der Waals surface area contributed by atoms with Crippen LogP contribution < -0.4 is 4.72 Å². The fraction of sp³-hybridized carbons (Fsp3) is 0.0769. The number of nitro groups is 1. The Hall–Kier alpha value is -1.93. The highest BCUT2D eigenvalue weighted by molar-refractivity contribution is 9.10. The second kappa shape index (κ2) is 5.82. The summed E-state index contributed by atoms with van der Waals surface area (Å²) >= 11 is 3.21. The van der Waals surface area contributed by atoms with Crippen molar-refractivity contribution < 1.29 is 13.3 Å². The van der Waals surface area contributed by atoms with Crippen LogP contribution in [0.3, 0.4) is 0 Å². The zero-order valence-corrected chi connectivity index (χ0v) is 13.3. The second-order valence-corrected chi connectivity index (χ2v) is 6.85. The predicted octanol–water partition coefficient (Wildman–Crippen LogP) is 3.47. The quantitative estimate of drug-likeness (QED) is 0.658. The molecule has 8 heteroatoms. The van der Waals surface area contributed by atoms with Gasteiger partial charge in [0.2, 0.25) is 0 Å². The van der Waals surface area contributed by atoms with E-state index in [0.717, 1.165) is 5.56 Å². The number of hydrogen-bond acceptors (Lipinski definition) is 4. The molecule has 0 amide bonds. The molecule has 0 aliphatic heterocycles. The van der Waals surface area contributed by atoms with Gasteiger partial charge in [0.05, 0.1) is 10.6 Å². The van der Waals surface area contributed by atoms with E-state index in [4.69, 9.17) is 0 Å². The Bertz CT molecular complexity index is 806. The van der Waals surface area contributed by atoms with Crippen LogP contribution in [0.5, 0.6) is 0 Å². The van der Waals surface area contributed by atoms with Crippen molar-refractivity contribution in [3.05, 3.63) is 62.6 Å². The third-order valence-corrected chi connectivity index (χ3v) is 5.04. The summed E-state index contributed by atoms with van der Waals surface area (Å²) in [5, 5.41) is 10.7. The van der Waals surface area contributed by atoms with Gasteiger partial charge in [-0.3, -0.25) is 14.8 Å². The number of rotatable bonds is 4. The van der Waals surface area contributed by atoms with Gasteiger partial charge in [-0.05, 0) is 46.6 Å². The Morgan fingerprint density at radius 1 is 1.19 bits per heavy atom. The van der Waals surface area contributed by atoms with E-state index in [1.54, 1.807) is 12.1 Å². The molecule has 0 fully saturated rings. The molecule has 0 aliphatic rings. The normalized spacial score (nSPS) is 11.1. The molecule has 0 bridgehead atoms.